The molecule has 1 saturated heterocycles. The van der Waals surface area contributed by atoms with Gasteiger partial charge in [-0.3, -0.25) is 4.79 Å². The number of hydrogen-bond donors (Lipinski definition) is 0. The van der Waals surface area contributed by atoms with Crippen LogP contribution in [-0.2, 0) is 14.6 Å². The minimum atomic E-state index is -3.40. The number of carbonyl (C=O) groups is 1. The van der Waals surface area contributed by atoms with Gasteiger partial charge in [0.05, 0.1) is 5.75 Å². The average Bonchev–Trinajstić information content (AvgIpc) is 2.47. The number of amides is 1. The van der Waals surface area contributed by atoms with Crippen molar-refractivity contribution in [2.45, 2.75) is 19.8 Å². The van der Waals surface area contributed by atoms with Gasteiger partial charge in [0, 0.05) is 13.1 Å². The molecule has 0 saturated carbocycles. The van der Waals surface area contributed by atoms with Crippen molar-refractivity contribution in [3.05, 3.63) is 42.0 Å². The Morgan fingerprint density at radius 3 is 2.73 bits per heavy atom. The van der Waals surface area contributed by atoms with E-state index < -0.39 is 15.6 Å². The van der Waals surface area contributed by atoms with Crippen molar-refractivity contribution in [3.63, 3.8) is 0 Å². The Hall–Kier alpha value is -1.62. The van der Waals surface area contributed by atoms with Crippen molar-refractivity contribution < 1.29 is 13.2 Å². The second kappa shape index (κ2) is 7.58. The van der Waals surface area contributed by atoms with E-state index in [1.54, 1.807) is 17.1 Å². The number of rotatable bonds is 5. The van der Waals surface area contributed by atoms with E-state index in [0.29, 0.717) is 19.0 Å². The van der Waals surface area contributed by atoms with Crippen molar-refractivity contribution in [2.24, 2.45) is 5.92 Å². The highest BCUT2D eigenvalue weighted by Gasteiger charge is 2.24. The van der Waals surface area contributed by atoms with E-state index in [9.17, 15) is 13.2 Å². The third kappa shape index (κ3) is 5.30. The fourth-order valence-electron chi connectivity index (χ4n) is 2.65. The monoisotopic (exact) mass is 321 g/mol. The second-order valence-electron chi connectivity index (χ2n) is 5.95. The zero-order valence-corrected chi connectivity index (χ0v) is 13.8. The number of hydrogen-bond acceptors (Lipinski definition) is 3. The Bertz CT molecular complexity index is 623. The SMILES string of the molecule is CC1CCCN(C(=O)CS(=O)(=O)CC=Cc2ccccc2)C1. The number of likely N-dealkylation sites (tertiary alicyclic amines) is 1. The van der Waals surface area contributed by atoms with Crippen LogP contribution in [0, 0.1) is 5.92 Å². The molecule has 120 valence electrons. The lowest BCUT2D eigenvalue weighted by molar-refractivity contribution is -0.130. The molecule has 1 aromatic rings. The molecule has 0 N–H and O–H groups in total. The van der Waals surface area contributed by atoms with Gasteiger partial charge in [0.1, 0.15) is 5.75 Å². The van der Waals surface area contributed by atoms with Gasteiger partial charge in [-0.2, -0.15) is 0 Å². The standard InChI is InChI=1S/C17H23NO3S/c1-15-7-5-11-18(13-15)17(19)14-22(20,21)12-6-10-16-8-3-2-4-9-16/h2-4,6,8-10,15H,5,7,11-14H2,1H3. The van der Waals surface area contributed by atoms with Crippen LogP contribution in [-0.4, -0.2) is 43.8 Å². The normalized spacial score (nSPS) is 19.5. The number of carbonyl (C=O) groups excluding carboxylic acids is 1. The fraction of sp³-hybridized carbons (Fsp3) is 0.471. The predicted octanol–water partition coefficient (Wildman–Crippen LogP) is 2.37. The minimum absolute atomic E-state index is 0.100. The van der Waals surface area contributed by atoms with E-state index in [1.165, 1.54) is 0 Å². The fourth-order valence-corrected chi connectivity index (χ4v) is 3.72. The van der Waals surface area contributed by atoms with Gasteiger partial charge in [0.25, 0.3) is 0 Å². The molecular weight excluding hydrogens is 298 g/mol. The highest BCUT2D eigenvalue weighted by Crippen LogP contribution is 2.16. The Morgan fingerprint density at radius 1 is 1.32 bits per heavy atom. The van der Waals surface area contributed by atoms with Crippen molar-refractivity contribution in [2.75, 3.05) is 24.6 Å². The second-order valence-corrected chi connectivity index (χ2v) is 8.06. The quantitative estimate of drug-likeness (QED) is 0.836. The first kappa shape index (κ1) is 16.7. The lowest BCUT2D eigenvalue weighted by atomic mass is 10.0. The highest BCUT2D eigenvalue weighted by molar-refractivity contribution is 7.92. The molecule has 1 heterocycles. The molecule has 1 unspecified atom stereocenters. The zero-order chi connectivity index (χ0) is 16.0. The molecule has 1 aliphatic heterocycles. The number of nitrogens with zero attached hydrogens (tertiary/aromatic N) is 1. The van der Waals surface area contributed by atoms with Crippen molar-refractivity contribution >= 4 is 21.8 Å². The maximum atomic E-state index is 12.1. The molecule has 1 aromatic carbocycles. The van der Waals surface area contributed by atoms with Crippen molar-refractivity contribution in [1.29, 1.82) is 0 Å². The maximum absolute atomic E-state index is 12.1. The number of sulfone groups is 1. The summed E-state index contributed by atoms with van der Waals surface area (Å²) in [5, 5.41) is 0. The van der Waals surface area contributed by atoms with Crippen LogP contribution in [0.3, 0.4) is 0 Å². The summed E-state index contributed by atoms with van der Waals surface area (Å²) in [5.41, 5.74) is 0.953. The Balaban J connectivity index is 1.88. The van der Waals surface area contributed by atoms with Crippen molar-refractivity contribution in [1.82, 2.24) is 4.90 Å². The van der Waals surface area contributed by atoms with Gasteiger partial charge in [0.2, 0.25) is 5.91 Å². The van der Waals surface area contributed by atoms with Gasteiger partial charge in [0.15, 0.2) is 9.84 Å². The Kier molecular flexibility index (Phi) is 5.77. The van der Waals surface area contributed by atoms with Crippen LogP contribution in [0.2, 0.25) is 0 Å². The Morgan fingerprint density at radius 2 is 2.05 bits per heavy atom. The van der Waals surface area contributed by atoms with E-state index in [0.717, 1.165) is 18.4 Å². The molecule has 0 radical (unpaired) electrons. The zero-order valence-electron chi connectivity index (χ0n) is 12.9. The van der Waals surface area contributed by atoms with Gasteiger partial charge in [-0.1, -0.05) is 49.4 Å². The lowest BCUT2D eigenvalue weighted by Gasteiger charge is -2.30. The summed E-state index contributed by atoms with van der Waals surface area (Å²) >= 11 is 0. The van der Waals surface area contributed by atoms with Crippen LogP contribution >= 0.6 is 0 Å². The Labute approximate surface area is 132 Å². The van der Waals surface area contributed by atoms with E-state index in [-0.39, 0.29) is 11.7 Å². The van der Waals surface area contributed by atoms with Gasteiger partial charge >= 0.3 is 0 Å². The van der Waals surface area contributed by atoms with Crippen LogP contribution < -0.4 is 0 Å². The van der Waals surface area contributed by atoms with E-state index in [1.807, 2.05) is 30.3 Å². The summed E-state index contributed by atoms with van der Waals surface area (Å²) in [7, 11) is -3.40. The van der Waals surface area contributed by atoms with Crippen LogP contribution in [0.4, 0.5) is 0 Å². The number of piperidine rings is 1. The average molecular weight is 321 g/mol. The van der Waals surface area contributed by atoms with E-state index >= 15 is 0 Å². The lowest BCUT2D eigenvalue weighted by Crippen LogP contribution is -2.42. The number of benzene rings is 1. The molecule has 1 amide bonds. The summed E-state index contributed by atoms with van der Waals surface area (Å²) in [5.74, 6) is -0.298. The minimum Gasteiger partial charge on any atom is -0.342 e. The van der Waals surface area contributed by atoms with Crippen LogP contribution in [0.15, 0.2) is 36.4 Å². The van der Waals surface area contributed by atoms with Gasteiger partial charge in [-0.15, -0.1) is 0 Å². The summed E-state index contributed by atoms with van der Waals surface area (Å²) in [6.45, 7) is 3.45. The smallest absolute Gasteiger partial charge is 0.237 e. The molecule has 0 aliphatic carbocycles. The molecule has 5 heteroatoms. The van der Waals surface area contributed by atoms with E-state index in [4.69, 9.17) is 0 Å². The predicted molar refractivity (Wildman–Crippen MR) is 89.1 cm³/mol. The van der Waals surface area contributed by atoms with Gasteiger partial charge < -0.3 is 4.90 Å². The summed E-state index contributed by atoms with van der Waals surface area (Å²) < 4.78 is 24.1. The maximum Gasteiger partial charge on any atom is 0.237 e. The molecule has 1 aliphatic rings. The largest absolute Gasteiger partial charge is 0.342 e. The molecule has 0 bridgehead atoms. The summed E-state index contributed by atoms with van der Waals surface area (Å²) in [4.78, 5) is 13.8. The topological polar surface area (TPSA) is 54.5 Å². The molecule has 1 fully saturated rings. The molecule has 22 heavy (non-hydrogen) atoms. The van der Waals surface area contributed by atoms with Gasteiger partial charge in [-0.05, 0) is 24.3 Å². The van der Waals surface area contributed by atoms with Gasteiger partial charge in [-0.25, -0.2) is 8.42 Å². The van der Waals surface area contributed by atoms with Crippen LogP contribution in [0.5, 0.6) is 0 Å². The van der Waals surface area contributed by atoms with E-state index in [2.05, 4.69) is 6.92 Å². The van der Waals surface area contributed by atoms with Crippen LogP contribution in [0.1, 0.15) is 25.3 Å². The molecule has 0 aromatic heterocycles. The first-order chi connectivity index (χ1) is 10.5. The molecule has 1 atom stereocenters. The first-order valence-corrected chi connectivity index (χ1v) is 9.48. The molecule has 2 rings (SSSR count). The third-order valence-corrected chi connectivity index (χ3v) is 5.20. The van der Waals surface area contributed by atoms with Crippen molar-refractivity contribution in [3.8, 4) is 0 Å². The molecular formula is C17H23NO3S. The van der Waals surface area contributed by atoms with Crippen LogP contribution in [0.25, 0.3) is 6.08 Å². The molecule has 4 nitrogen and oxygen atoms in total. The summed E-state index contributed by atoms with van der Waals surface area (Å²) in [6.07, 6.45) is 5.44. The molecule has 0 spiro atoms. The third-order valence-electron chi connectivity index (χ3n) is 3.81. The first-order valence-electron chi connectivity index (χ1n) is 7.66. The highest BCUT2D eigenvalue weighted by atomic mass is 32.2. The summed E-state index contributed by atoms with van der Waals surface area (Å²) in [6, 6.07) is 9.52.